The molecule has 0 spiro atoms. The average Bonchev–Trinajstić information content (AvgIpc) is 2.78. The summed E-state index contributed by atoms with van der Waals surface area (Å²) >= 11 is 0. The highest BCUT2D eigenvalue weighted by atomic mass is 32.2. The topological polar surface area (TPSA) is 73.1 Å². The lowest BCUT2D eigenvalue weighted by Gasteiger charge is -2.10. The van der Waals surface area contributed by atoms with Crippen LogP contribution in [0, 0.1) is 12.7 Å². The lowest BCUT2D eigenvalue weighted by atomic mass is 10.2. The fourth-order valence-electron chi connectivity index (χ4n) is 2.78. The molecule has 0 atom stereocenters. The maximum absolute atomic E-state index is 12.9. The lowest BCUT2D eigenvalue weighted by Crippen LogP contribution is -2.24. The highest BCUT2D eigenvalue weighted by Gasteiger charge is 2.20. The summed E-state index contributed by atoms with van der Waals surface area (Å²) in [6.45, 7) is 1.73. The number of nitrogens with zero attached hydrogens (tertiary/aromatic N) is 2. The minimum atomic E-state index is -3.78. The molecule has 0 bridgehead atoms. The summed E-state index contributed by atoms with van der Waals surface area (Å²) in [7, 11) is -0.536. The molecule has 0 aliphatic heterocycles. The fraction of sp³-hybridized carbons (Fsp3) is 0.235. The van der Waals surface area contributed by atoms with Crippen LogP contribution < -0.4 is 10.4 Å². The molecule has 1 heterocycles. The van der Waals surface area contributed by atoms with Crippen LogP contribution in [0.2, 0.25) is 0 Å². The number of nitrogens with one attached hydrogen (secondary N) is 1. The predicted molar refractivity (Wildman–Crippen MR) is 93.3 cm³/mol. The van der Waals surface area contributed by atoms with Gasteiger partial charge in [0.15, 0.2) is 0 Å². The summed E-state index contributed by atoms with van der Waals surface area (Å²) in [4.78, 5) is 12.1. The van der Waals surface area contributed by atoms with Gasteiger partial charge in [-0.1, -0.05) is 12.1 Å². The highest BCUT2D eigenvalue weighted by molar-refractivity contribution is 7.89. The summed E-state index contributed by atoms with van der Waals surface area (Å²) in [5.41, 5.74) is 2.18. The van der Waals surface area contributed by atoms with Gasteiger partial charge in [0.25, 0.3) is 0 Å². The molecular weight excluding hydrogens is 345 g/mol. The van der Waals surface area contributed by atoms with E-state index >= 15 is 0 Å². The zero-order valence-electron chi connectivity index (χ0n) is 14.1. The zero-order chi connectivity index (χ0) is 18.4. The van der Waals surface area contributed by atoms with Gasteiger partial charge in [0.2, 0.25) is 10.0 Å². The van der Waals surface area contributed by atoms with E-state index in [1.165, 1.54) is 39.5 Å². The Morgan fingerprint density at radius 1 is 1.04 bits per heavy atom. The van der Waals surface area contributed by atoms with Crippen LogP contribution in [0.3, 0.4) is 0 Å². The van der Waals surface area contributed by atoms with Gasteiger partial charge in [-0.2, -0.15) is 0 Å². The lowest BCUT2D eigenvalue weighted by molar-refractivity contribution is 0.580. The normalized spacial score (nSPS) is 12.0. The van der Waals surface area contributed by atoms with Crippen LogP contribution in [0.1, 0.15) is 11.1 Å². The largest absolute Gasteiger partial charge is 0.328 e. The molecule has 2 aromatic carbocycles. The number of aryl methyl sites for hydroxylation is 3. The molecule has 25 heavy (non-hydrogen) atoms. The Bertz CT molecular complexity index is 1110. The van der Waals surface area contributed by atoms with E-state index in [1.807, 2.05) is 0 Å². The van der Waals surface area contributed by atoms with Gasteiger partial charge in [0.1, 0.15) is 5.82 Å². The maximum Gasteiger partial charge on any atom is 0.328 e. The van der Waals surface area contributed by atoms with Crippen LogP contribution in [-0.4, -0.2) is 17.6 Å². The van der Waals surface area contributed by atoms with Crippen LogP contribution in [0.4, 0.5) is 4.39 Å². The molecule has 0 radical (unpaired) electrons. The van der Waals surface area contributed by atoms with Crippen molar-refractivity contribution in [3.05, 3.63) is 63.8 Å². The molecule has 0 amide bonds. The second-order valence-corrected chi connectivity index (χ2v) is 7.69. The smallest absolute Gasteiger partial charge is 0.295 e. The van der Waals surface area contributed by atoms with Crippen molar-refractivity contribution in [2.24, 2.45) is 14.1 Å². The highest BCUT2D eigenvalue weighted by Crippen LogP contribution is 2.22. The van der Waals surface area contributed by atoms with Crippen LogP contribution in [0.5, 0.6) is 0 Å². The van der Waals surface area contributed by atoms with Crippen LogP contribution in [0.15, 0.2) is 46.1 Å². The van der Waals surface area contributed by atoms with E-state index < -0.39 is 10.0 Å². The summed E-state index contributed by atoms with van der Waals surface area (Å²) < 4.78 is 43.7. The van der Waals surface area contributed by atoms with Crippen LogP contribution in [0.25, 0.3) is 11.0 Å². The molecule has 0 saturated heterocycles. The molecule has 3 rings (SSSR count). The van der Waals surface area contributed by atoms with Gasteiger partial charge in [-0.3, -0.25) is 9.13 Å². The standard InChI is InChI=1S/C17H18FN3O3S/c1-11-8-14-15(21(3)17(22)20(14)2)9-16(11)25(23,24)19-10-12-4-6-13(18)7-5-12/h4-9,19H,10H2,1-3H3. The van der Waals surface area contributed by atoms with E-state index in [2.05, 4.69) is 4.72 Å². The number of rotatable bonds is 4. The first-order valence-electron chi connectivity index (χ1n) is 7.61. The molecule has 0 aliphatic rings. The van der Waals surface area contributed by atoms with Gasteiger partial charge < -0.3 is 0 Å². The zero-order valence-corrected chi connectivity index (χ0v) is 14.9. The molecule has 1 aromatic heterocycles. The Morgan fingerprint density at radius 2 is 1.60 bits per heavy atom. The van der Waals surface area contributed by atoms with Gasteiger partial charge in [0.05, 0.1) is 15.9 Å². The first kappa shape index (κ1) is 17.4. The second kappa shape index (κ2) is 6.12. The quantitative estimate of drug-likeness (QED) is 0.768. The second-order valence-electron chi connectivity index (χ2n) is 5.96. The minimum absolute atomic E-state index is 0.0494. The van der Waals surface area contributed by atoms with Gasteiger partial charge in [0, 0.05) is 20.6 Å². The van der Waals surface area contributed by atoms with E-state index in [0.29, 0.717) is 22.2 Å². The van der Waals surface area contributed by atoms with E-state index in [9.17, 15) is 17.6 Å². The Hall–Kier alpha value is -2.45. The number of aromatic nitrogens is 2. The minimum Gasteiger partial charge on any atom is -0.295 e. The summed E-state index contributed by atoms with van der Waals surface area (Å²) in [5.74, 6) is -0.377. The number of halogens is 1. The average molecular weight is 363 g/mol. The van der Waals surface area contributed by atoms with E-state index in [0.717, 1.165) is 0 Å². The Morgan fingerprint density at radius 3 is 2.20 bits per heavy atom. The van der Waals surface area contributed by atoms with Crippen molar-refractivity contribution in [1.29, 1.82) is 0 Å². The van der Waals surface area contributed by atoms with E-state index in [-0.39, 0.29) is 22.9 Å². The number of fused-ring (bicyclic) bond motifs is 1. The maximum atomic E-state index is 12.9. The van der Waals surface area contributed by atoms with Crippen LogP contribution in [-0.2, 0) is 30.7 Å². The molecule has 0 aliphatic carbocycles. The molecule has 8 heteroatoms. The molecule has 0 unspecified atom stereocenters. The molecular formula is C17H18FN3O3S. The van der Waals surface area contributed by atoms with Gasteiger partial charge >= 0.3 is 5.69 Å². The van der Waals surface area contributed by atoms with Crippen molar-refractivity contribution in [1.82, 2.24) is 13.9 Å². The van der Waals surface area contributed by atoms with Crippen molar-refractivity contribution in [3.8, 4) is 0 Å². The molecule has 6 nitrogen and oxygen atoms in total. The monoisotopic (exact) mass is 363 g/mol. The molecule has 0 saturated carbocycles. The predicted octanol–water partition coefficient (Wildman–Crippen LogP) is 1.80. The first-order chi connectivity index (χ1) is 11.7. The van der Waals surface area contributed by atoms with Crippen LogP contribution >= 0.6 is 0 Å². The van der Waals surface area contributed by atoms with E-state index in [1.54, 1.807) is 27.1 Å². The van der Waals surface area contributed by atoms with Crippen molar-refractivity contribution in [2.75, 3.05) is 0 Å². The third kappa shape index (κ3) is 3.10. The number of hydrogen-bond donors (Lipinski definition) is 1. The number of sulfonamides is 1. The first-order valence-corrected chi connectivity index (χ1v) is 9.09. The van der Waals surface area contributed by atoms with Gasteiger partial charge in [-0.05, 0) is 42.3 Å². The molecule has 132 valence electrons. The van der Waals surface area contributed by atoms with Crippen molar-refractivity contribution in [3.63, 3.8) is 0 Å². The summed E-state index contributed by atoms with van der Waals surface area (Å²) in [6.07, 6.45) is 0. The summed E-state index contributed by atoms with van der Waals surface area (Å²) in [5, 5.41) is 0. The Balaban J connectivity index is 1.99. The molecule has 3 aromatic rings. The molecule has 0 fully saturated rings. The number of hydrogen-bond acceptors (Lipinski definition) is 3. The number of benzene rings is 2. The third-order valence-electron chi connectivity index (χ3n) is 4.24. The summed E-state index contributed by atoms with van der Waals surface area (Å²) in [6, 6.07) is 8.78. The fourth-order valence-corrected chi connectivity index (χ4v) is 4.04. The third-order valence-corrected chi connectivity index (χ3v) is 5.78. The SMILES string of the molecule is Cc1cc2c(cc1S(=O)(=O)NCc1ccc(F)cc1)n(C)c(=O)n2C. The Kier molecular flexibility index (Phi) is 4.26. The number of imidazole rings is 1. The van der Waals surface area contributed by atoms with Crippen molar-refractivity contribution < 1.29 is 12.8 Å². The van der Waals surface area contributed by atoms with Gasteiger partial charge in [-0.15, -0.1) is 0 Å². The van der Waals surface area contributed by atoms with Crippen molar-refractivity contribution >= 4 is 21.1 Å². The molecule has 1 N–H and O–H groups in total. The van der Waals surface area contributed by atoms with Crippen molar-refractivity contribution in [2.45, 2.75) is 18.4 Å². The van der Waals surface area contributed by atoms with Gasteiger partial charge in [-0.25, -0.2) is 22.3 Å². The Labute approximate surface area is 144 Å². The van der Waals surface area contributed by atoms with E-state index in [4.69, 9.17) is 0 Å².